The highest BCUT2D eigenvalue weighted by atomic mass is 35.5. The van der Waals surface area contributed by atoms with Crippen molar-refractivity contribution in [3.63, 3.8) is 0 Å². The lowest BCUT2D eigenvalue weighted by molar-refractivity contribution is -0.118. The first kappa shape index (κ1) is 21.8. The van der Waals surface area contributed by atoms with Crippen molar-refractivity contribution < 1.29 is 13.2 Å². The monoisotopic (exact) mass is 437 g/mol. The van der Waals surface area contributed by atoms with E-state index in [9.17, 15) is 13.2 Å². The summed E-state index contributed by atoms with van der Waals surface area (Å²) in [4.78, 5) is 13.2. The Hall–Kier alpha value is -1.86. The van der Waals surface area contributed by atoms with Gasteiger partial charge >= 0.3 is 0 Å². The molecule has 0 saturated heterocycles. The van der Waals surface area contributed by atoms with Crippen molar-refractivity contribution in [2.45, 2.75) is 62.8 Å². The number of carbonyl (C=O) groups excluding carboxylic acids is 1. The Kier molecular flexibility index (Phi) is 6.69. The van der Waals surface area contributed by atoms with Crippen molar-refractivity contribution in [1.82, 2.24) is 9.78 Å². The second-order valence-corrected chi connectivity index (χ2v) is 10.6. The molecule has 1 aliphatic rings. The third-order valence-corrected chi connectivity index (χ3v) is 7.09. The van der Waals surface area contributed by atoms with E-state index in [0.717, 1.165) is 24.7 Å². The molecule has 8 heteroatoms. The van der Waals surface area contributed by atoms with E-state index in [1.165, 1.54) is 18.9 Å². The van der Waals surface area contributed by atoms with Crippen LogP contribution in [0, 0.1) is 5.92 Å². The van der Waals surface area contributed by atoms with Crippen molar-refractivity contribution in [2.24, 2.45) is 5.92 Å². The third kappa shape index (κ3) is 5.39. The van der Waals surface area contributed by atoms with E-state index in [2.05, 4.69) is 10.4 Å². The fraction of sp³-hybridized carbons (Fsp3) is 0.524. The predicted molar refractivity (Wildman–Crippen MR) is 115 cm³/mol. The number of hydrogen-bond acceptors (Lipinski definition) is 4. The Morgan fingerprint density at radius 1 is 1.28 bits per heavy atom. The molecule has 1 N–H and O–H groups in total. The molecule has 1 atom stereocenters. The van der Waals surface area contributed by atoms with Gasteiger partial charge in [-0.3, -0.25) is 9.48 Å². The van der Waals surface area contributed by atoms with E-state index < -0.39 is 15.8 Å². The Bertz CT molecular complexity index is 979. The number of nitrogens with one attached hydrogen (secondary N) is 1. The largest absolute Gasteiger partial charge is 0.309 e. The minimum absolute atomic E-state index is 0.0821. The molecule has 1 heterocycles. The molecule has 1 aromatic heterocycles. The summed E-state index contributed by atoms with van der Waals surface area (Å²) in [6, 6.07) is 6.80. The lowest BCUT2D eigenvalue weighted by Gasteiger charge is -2.21. The van der Waals surface area contributed by atoms with E-state index in [1.807, 2.05) is 20.0 Å². The normalized spacial score (nSPS) is 16.3. The second-order valence-electron chi connectivity index (χ2n) is 8.16. The molecule has 0 aliphatic heterocycles. The minimum atomic E-state index is -3.42. The van der Waals surface area contributed by atoms with Gasteiger partial charge in [-0.05, 0) is 43.9 Å². The third-order valence-electron chi connectivity index (χ3n) is 5.51. The number of halogens is 1. The molecule has 1 aliphatic carbocycles. The van der Waals surface area contributed by atoms with Crippen molar-refractivity contribution in [2.75, 3.05) is 11.6 Å². The predicted octanol–water partition coefficient (Wildman–Crippen LogP) is 4.82. The van der Waals surface area contributed by atoms with Crippen LogP contribution in [-0.4, -0.2) is 30.4 Å². The van der Waals surface area contributed by atoms with Gasteiger partial charge in [0.1, 0.15) is 0 Å². The molecule has 1 fully saturated rings. The topological polar surface area (TPSA) is 81.1 Å². The van der Waals surface area contributed by atoms with Gasteiger partial charge in [0, 0.05) is 24.6 Å². The zero-order valence-corrected chi connectivity index (χ0v) is 18.6. The van der Waals surface area contributed by atoms with Crippen LogP contribution >= 0.6 is 11.6 Å². The molecule has 1 aromatic carbocycles. The lowest BCUT2D eigenvalue weighted by atomic mass is 9.87. The molecular weight excluding hydrogens is 410 g/mol. The molecule has 0 radical (unpaired) electrons. The highest BCUT2D eigenvalue weighted by molar-refractivity contribution is 7.90. The fourth-order valence-corrected chi connectivity index (χ4v) is 5.25. The number of anilines is 1. The first-order valence-corrected chi connectivity index (χ1v) is 12.3. The minimum Gasteiger partial charge on any atom is -0.309 e. The molecule has 29 heavy (non-hydrogen) atoms. The SMILES string of the molecule is CC(C)n1ccc(NC(=O)C(CC2CCCC2)c2ccc(S(C)(=O)=O)c(Cl)c2)n1. The van der Waals surface area contributed by atoms with Crippen LogP contribution in [0.15, 0.2) is 35.4 Å². The standard InChI is InChI=1S/C21H28ClN3O3S/c1-14(2)25-11-10-20(24-25)23-21(26)17(12-15-6-4-5-7-15)16-8-9-19(18(22)13-16)29(3,27)28/h8-11,13-15,17H,4-7,12H2,1-3H3,(H,23,24,26). The van der Waals surface area contributed by atoms with Gasteiger partial charge in [-0.15, -0.1) is 0 Å². The van der Waals surface area contributed by atoms with Crippen molar-refractivity contribution in [3.05, 3.63) is 41.0 Å². The van der Waals surface area contributed by atoms with Crippen LogP contribution in [0.2, 0.25) is 5.02 Å². The van der Waals surface area contributed by atoms with Gasteiger partial charge in [0.25, 0.3) is 0 Å². The van der Waals surface area contributed by atoms with Crippen LogP contribution in [0.3, 0.4) is 0 Å². The molecule has 1 amide bonds. The van der Waals surface area contributed by atoms with Gasteiger partial charge in [-0.25, -0.2) is 8.42 Å². The van der Waals surface area contributed by atoms with Gasteiger partial charge < -0.3 is 5.32 Å². The molecule has 1 unspecified atom stereocenters. The molecular formula is C21H28ClN3O3S. The first-order chi connectivity index (χ1) is 13.6. The highest BCUT2D eigenvalue weighted by Gasteiger charge is 2.28. The van der Waals surface area contributed by atoms with Crippen LogP contribution < -0.4 is 5.32 Å². The number of amides is 1. The Morgan fingerprint density at radius 2 is 1.97 bits per heavy atom. The maximum atomic E-state index is 13.2. The van der Waals surface area contributed by atoms with Crippen LogP contribution in [-0.2, 0) is 14.6 Å². The number of nitrogens with zero attached hydrogens (tertiary/aromatic N) is 2. The molecule has 0 spiro atoms. The summed E-state index contributed by atoms with van der Waals surface area (Å²) < 4.78 is 25.5. The van der Waals surface area contributed by atoms with Gasteiger partial charge in [0.2, 0.25) is 5.91 Å². The van der Waals surface area contributed by atoms with Gasteiger partial charge in [-0.1, -0.05) is 43.4 Å². The first-order valence-electron chi connectivity index (χ1n) is 10.0. The van der Waals surface area contributed by atoms with Gasteiger partial charge in [-0.2, -0.15) is 5.10 Å². The van der Waals surface area contributed by atoms with E-state index in [4.69, 9.17) is 11.6 Å². The Morgan fingerprint density at radius 3 is 2.52 bits per heavy atom. The smallest absolute Gasteiger partial charge is 0.233 e. The molecule has 2 aromatic rings. The van der Waals surface area contributed by atoms with Crippen LogP contribution in [0.4, 0.5) is 5.82 Å². The Labute approximate surface area is 177 Å². The Balaban J connectivity index is 1.87. The second kappa shape index (κ2) is 8.88. The van der Waals surface area contributed by atoms with Crippen LogP contribution in [0.25, 0.3) is 0 Å². The number of aromatic nitrogens is 2. The van der Waals surface area contributed by atoms with E-state index in [0.29, 0.717) is 18.2 Å². The van der Waals surface area contributed by atoms with Crippen LogP contribution in [0.1, 0.15) is 63.5 Å². The van der Waals surface area contributed by atoms with E-state index >= 15 is 0 Å². The van der Waals surface area contributed by atoms with Gasteiger partial charge in [0.15, 0.2) is 15.7 Å². The van der Waals surface area contributed by atoms with Crippen LogP contribution in [0.5, 0.6) is 0 Å². The highest BCUT2D eigenvalue weighted by Crippen LogP contribution is 2.36. The summed E-state index contributed by atoms with van der Waals surface area (Å²) in [7, 11) is -3.42. The molecule has 0 bridgehead atoms. The summed E-state index contributed by atoms with van der Waals surface area (Å²) in [5.41, 5.74) is 0.732. The number of rotatable bonds is 7. The summed E-state index contributed by atoms with van der Waals surface area (Å²) in [5, 5.41) is 7.47. The zero-order chi connectivity index (χ0) is 21.2. The van der Waals surface area contributed by atoms with Crippen molar-refractivity contribution in [3.8, 4) is 0 Å². The molecule has 3 rings (SSSR count). The molecule has 1 saturated carbocycles. The number of benzene rings is 1. The van der Waals surface area contributed by atoms with Crippen molar-refractivity contribution in [1.29, 1.82) is 0 Å². The molecule has 158 valence electrons. The lowest BCUT2D eigenvalue weighted by Crippen LogP contribution is -2.23. The average Bonchev–Trinajstić information content (AvgIpc) is 3.30. The summed E-state index contributed by atoms with van der Waals surface area (Å²) in [6.07, 6.45) is 8.27. The maximum Gasteiger partial charge on any atom is 0.233 e. The quantitative estimate of drug-likeness (QED) is 0.673. The zero-order valence-electron chi connectivity index (χ0n) is 17.1. The van der Waals surface area contributed by atoms with Crippen molar-refractivity contribution >= 4 is 33.2 Å². The summed E-state index contributed by atoms with van der Waals surface area (Å²) in [6.45, 7) is 4.04. The fourth-order valence-electron chi connectivity index (χ4n) is 3.91. The number of carbonyl (C=O) groups is 1. The number of hydrogen-bond donors (Lipinski definition) is 1. The summed E-state index contributed by atoms with van der Waals surface area (Å²) >= 11 is 6.25. The van der Waals surface area contributed by atoms with E-state index in [1.54, 1.807) is 22.9 Å². The van der Waals surface area contributed by atoms with E-state index in [-0.39, 0.29) is 21.9 Å². The maximum absolute atomic E-state index is 13.2. The van der Waals surface area contributed by atoms with Gasteiger partial charge in [0.05, 0.1) is 15.8 Å². The molecule has 6 nitrogen and oxygen atoms in total. The average molecular weight is 438 g/mol. The number of sulfone groups is 1. The summed E-state index contributed by atoms with van der Waals surface area (Å²) in [5.74, 6) is 0.439.